The molecule has 7 heteroatoms. The minimum atomic E-state index is 0.435. The molecule has 2 aliphatic carbocycles. The summed E-state index contributed by atoms with van der Waals surface area (Å²) in [4.78, 5) is 11.3. The van der Waals surface area contributed by atoms with Gasteiger partial charge in [-0.25, -0.2) is 9.50 Å². The molecule has 5 heterocycles. The lowest BCUT2D eigenvalue weighted by molar-refractivity contribution is -0.0131. The van der Waals surface area contributed by atoms with E-state index in [4.69, 9.17) is 4.74 Å². The maximum atomic E-state index is 5.39. The number of H-pyrrole nitrogens is 1. The fourth-order valence-electron chi connectivity index (χ4n) is 7.28. The predicted molar refractivity (Wildman–Crippen MR) is 142 cm³/mol. The lowest BCUT2D eigenvalue weighted by Gasteiger charge is -2.35. The van der Waals surface area contributed by atoms with Gasteiger partial charge in [-0.1, -0.05) is 13.8 Å². The van der Waals surface area contributed by atoms with Crippen LogP contribution in [0, 0.1) is 32.6 Å². The second-order valence-electron chi connectivity index (χ2n) is 11.5. The highest BCUT2D eigenvalue weighted by atomic mass is 32.1. The molecule has 0 aromatic carbocycles. The SMILES string of the molecule is Cc1c(-c2[nH]c3sc(C4CC5C[C@H]4CC5NC4COC4)c(C)c3c2C(C)C)cn2ncnc2c1C. The Morgan fingerprint density at radius 2 is 1.91 bits per heavy atom. The molecule has 0 radical (unpaired) electrons. The van der Waals surface area contributed by atoms with Crippen LogP contribution in [-0.2, 0) is 4.74 Å². The molecule has 6 nitrogen and oxygen atoms in total. The minimum Gasteiger partial charge on any atom is -0.378 e. The Labute approximate surface area is 210 Å². The van der Waals surface area contributed by atoms with Gasteiger partial charge in [-0.2, -0.15) is 5.10 Å². The first-order valence-corrected chi connectivity index (χ1v) is 14.0. The van der Waals surface area contributed by atoms with Crippen molar-refractivity contribution in [3.05, 3.63) is 39.7 Å². The summed E-state index contributed by atoms with van der Waals surface area (Å²) in [5.74, 6) is 2.80. The number of aromatic nitrogens is 4. The van der Waals surface area contributed by atoms with Gasteiger partial charge in [-0.3, -0.25) is 0 Å². The van der Waals surface area contributed by atoms with E-state index in [1.165, 1.54) is 63.0 Å². The van der Waals surface area contributed by atoms with Crippen LogP contribution in [0.15, 0.2) is 12.5 Å². The van der Waals surface area contributed by atoms with Gasteiger partial charge in [0.05, 0.1) is 24.9 Å². The molecule has 0 spiro atoms. The number of nitrogens with one attached hydrogen (secondary N) is 2. The van der Waals surface area contributed by atoms with Gasteiger partial charge in [-0.05, 0) is 86.0 Å². The summed E-state index contributed by atoms with van der Waals surface area (Å²) in [7, 11) is 0. The molecule has 3 unspecified atom stereocenters. The molecule has 2 saturated carbocycles. The summed E-state index contributed by atoms with van der Waals surface area (Å²) >= 11 is 2.02. The Kier molecular flexibility index (Phi) is 4.96. The lowest BCUT2D eigenvalue weighted by Crippen LogP contribution is -2.52. The molecule has 2 N–H and O–H groups in total. The van der Waals surface area contributed by atoms with E-state index in [1.807, 2.05) is 15.9 Å². The number of hydrogen-bond acceptors (Lipinski definition) is 5. The van der Waals surface area contributed by atoms with Crippen LogP contribution in [0.1, 0.15) is 72.1 Å². The minimum absolute atomic E-state index is 0.435. The molecule has 1 aliphatic heterocycles. The average Bonchev–Trinajstić information content (AvgIpc) is 3.59. The Morgan fingerprint density at radius 1 is 1.09 bits per heavy atom. The third-order valence-corrected chi connectivity index (χ3v) is 10.6. The number of ether oxygens (including phenoxy) is 1. The number of hydrogen-bond donors (Lipinski definition) is 2. The third kappa shape index (κ3) is 3.20. The molecule has 184 valence electrons. The topological polar surface area (TPSA) is 67.2 Å². The summed E-state index contributed by atoms with van der Waals surface area (Å²) < 4.78 is 7.31. The number of pyridine rings is 1. The van der Waals surface area contributed by atoms with E-state index in [1.54, 1.807) is 11.2 Å². The molecule has 3 fully saturated rings. The summed E-state index contributed by atoms with van der Waals surface area (Å²) in [5.41, 5.74) is 8.89. The van der Waals surface area contributed by atoms with Crippen molar-refractivity contribution in [2.75, 3.05) is 13.2 Å². The maximum absolute atomic E-state index is 5.39. The third-order valence-electron chi connectivity index (χ3n) is 9.22. The highest BCUT2D eigenvalue weighted by Crippen LogP contribution is 2.56. The second kappa shape index (κ2) is 7.89. The smallest absolute Gasteiger partial charge is 0.158 e. The highest BCUT2D eigenvalue weighted by Gasteiger charge is 2.48. The molecular weight excluding hydrogens is 454 g/mol. The first-order chi connectivity index (χ1) is 16.9. The Morgan fingerprint density at radius 3 is 2.60 bits per heavy atom. The van der Waals surface area contributed by atoms with E-state index in [9.17, 15) is 0 Å². The normalized spacial score (nSPS) is 26.6. The lowest BCUT2D eigenvalue weighted by atomic mass is 9.83. The fraction of sp³-hybridized carbons (Fsp3) is 0.571. The van der Waals surface area contributed by atoms with Crippen LogP contribution >= 0.6 is 11.3 Å². The molecule has 7 rings (SSSR count). The zero-order chi connectivity index (χ0) is 24.0. The van der Waals surface area contributed by atoms with Crippen molar-refractivity contribution in [1.29, 1.82) is 0 Å². The first-order valence-electron chi connectivity index (χ1n) is 13.2. The van der Waals surface area contributed by atoms with Gasteiger partial charge in [0.15, 0.2) is 5.65 Å². The maximum Gasteiger partial charge on any atom is 0.158 e. The summed E-state index contributed by atoms with van der Waals surface area (Å²) in [5, 5.41) is 9.80. The molecule has 35 heavy (non-hydrogen) atoms. The van der Waals surface area contributed by atoms with Crippen LogP contribution in [0.3, 0.4) is 0 Å². The standard InChI is InChI=1S/C28H35N5OS/c1-13(2)23-24-16(5)26(20-7-18-6-17(20)8-22(18)31-19-10-34-11-19)35-28(24)32-25(23)21-9-33-27(29-12-30-33)15(4)14(21)3/h9,12-13,17-20,22,31-32H,6-8,10-11H2,1-5H3/t17-,18?,20?,22?/m0/s1. The van der Waals surface area contributed by atoms with Crippen LogP contribution in [0.4, 0.5) is 0 Å². The predicted octanol–water partition coefficient (Wildman–Crippen LogP) is 5.86. The van der Waals surface area contributed by atoms with Crippen molar-refractivity contribution in [3.8, 4) is 11.3 Å². The molecule has 4 atom stereocenters. The van der Waals surface area contributed by atoms with Gasteiger partial charge in [0.25, 0.3) is 0 Å². The highest BCUT2D eigenvalue weighted by molar-refractivity contribution is 7.19. The number of rotatable bonds is 5. The largest absolute Gasteiger partial charge is 0.378 e. The van der Waals surface area contributed by atoms with Crippen LogP contribution in [0.25, 0.3) is 27.1 Å². The quantitative estimate of drug-likeness (QED) is 0.369. The molecular formula is C28H35N5OS. The summed E-state index contributed by atoms with van der Waals surface area (Å²) in [6.07, 6.45) is 7.85. The van der Waals surface area contributed by atoms with Gasteiger partial charge in [0.1, 0.15) is 11.2 Å². The van der Waals surface area contributed by atoms with Gasteiger partial charge < -0.3 is 15.0 Å². The number of thiophene rings is 1. The van der Waals surface area contributed by atoms with Gasteiger partial charge in [-0.15, -0.1) is 11.3 Å². The zero-order valence-electron chi connectivity index (χ0n) is 21.3. The van der Waals surface area contributed by atoms with Gasteiger partial charge in [0, 0.05) is 28.1 Å². The summed E-state index contributed by atoms with van der Waals surface area (Å²) in [6, 6.07) is 1.29. The van der Waals surface area contributed by atoms with E-state index in [-0.39, 0.29) is 0 Å². The van der Waals surface area contributed by atoms with Crippen LogP contribution < -0.4 is 5.32 Å². The molecule has 1 saturated heterocycles. The van der Waals surface area contributed by atoms with Gasteiger partial charge >= 0.3 is 0 Å². The number of aryl methyl sites for hydroxylation is 2. The van der Waals surface area contributed by atoms with Crippen molar-refractivity contribution in [1.82, 2.24) is 24.9 Å². The Bertz CT molecular complexity index is 1440. The fourth-order valence-corrected chi connectivity index (χ4v) is 8.72. The first kappa shape index (κ1) is 22.0. The van der Waals surface area contributed by atoms with E-state index in [0.29, 0.717) is 18.0 Å². The number of aromatic amines is 1. The molecule has 4 aromatic rings. The summed E-state index contributed by atoms with van der Waals surface area (Å²) in [6.45, 7) is 13.2. The van der Waals surface area contributed by atoms with Crippen molar-refractivity contribution < 1.29 is 4.74 Å². The number of nitrogens with zero attached hydrogens (tertiary/aromatic N) is 3. The monoisotopic (exact) mass is 489 g/mol. The Balaban J connectivity index is 1.27. The molecule has 2 bridgehead atoms. The molecule has 4 aromatic heterocycles. The van der Waals surface area contributed by atoms with E-state index >= 15 is 0 Å². The van der Waals surface area contributed by atoms with Crippen LogP contribution in [0.2, 0.25) is 0 Å². The zero-order valence-corrected chi connectivity index (χ0v) is 22.1. The van der Waals surface area contributed by atoms with E-state index in [0.717, 1.165) is 36.6 Å². The van der Waals surface area contributed by atoms with Crippen molar-refractivity contribution in [2.45, 2.75) is 77.8 Å². The van der Waals surface area contributed by atoms with E-state index in [2.05, 4.69) is 61.2 Å². The number of fused-ring (bicyclic) bond motifs is 4. The van der Waals surface area contributed by atoms with Crippen molar-refractivity contribution >= 4 is 27.2 Å². The van der Waals surface area contributed by atoms with Crippen LogP contribution in [0.5, 0.6) is 0 Å². The van der Waals surface area contributed by atoms with Crippen LogP contribution in [-0.4, -0.2) is 44.9 Å². The second-order valence-corrected chi connectivity index (χ2v) is 12.6. The average molecular weight is 490 g/mol. The van der Waals surface area contributed by atoms with Crippen molar-refractivity contribution in [2.24, 2.45) is 11.8 Å². The van der Waals surface area contributed by atoms with E-state index < -0.39 is 0 Å². The van der Waals surface area contributed by atoms with Gasteiger partial charge in [0.2, 0.25) is 0 Å². The molecule has 0 amide bonds. The van der Waals surface area contributed by atoms with Crippen molar-refractivity contribution in [3.63, 3.8) is 0 Å². The Hall–Kier alpha value is -2.22. The molecule has 3 aliphatic rings.